The average molecular weight is 390 g/mol. The summed E-state index contributed by atoms with van der Waals surface area (Å²) in [5.41, 5.74) is 1.34. The van der Waals surface area contributed by atoms with Crippen LogP contribution in [-0.2, 0) is 11.2 Å². The van der Waals surface area contributed by atoms with E-state index in [-0.39, 0.29) is 12.2 Å². The number of rotatable bonds is 8. The minimum Gasteiger partial charge on any atom is -0.550 e. The van der Waals surface area contributed by atoms with Crippen LogP contribution in [0.15, 0.2) is 36.4 Å². The first-order valence-corrected chi connectivity index (χ1v) is 8.28. The Morgan fingerprint density at radius 1 is 1.04 bits per heavy atom. The summed E-state index contributed by atoms with van der Waals surface area (Å²) in [5, 5.41) is 11.2. The Morgan fingerprint density at radius 3 is 2.33 bits per heavy atom. The summed E-state index contributed by atoms with van der Waals surface area (Å²) in [4.78, 5) is 23.3. The molecule has 0 spiro atoms. The Balaban J connectivity index is 2.29. The topological polar surface area (TPSA) is 84.9 Å². The molecule has 0 N–H and O–H groups in total. The molecule has 2 aromatic rings. The molecule has 6 nitrogen and oxygen atoms in total. The first-order chi connectivity index (χ1) is 12.9. The number of allylic oxidation sites excluding steroid dienone is 1. The molecular weight excluding hydrogens is 372 g/mol. The second-order valence-corrected chi connectivity index (χ2v) is 5.92. The second-order valence-electron chi connectivity index (χ2n) is 5.51. The highest BCUT2D eigenvalue weighted by molar-refractivity contribution is 6.32. The van der Waals surface area contributed by atoms with Crippen LogP contribution in [-0.4, -0.2) is 33.1 Å². The molecule has 0 atom stereocenters. The largest absolute Gasteiger partial charge is 0.550 e. The number of carboxylic acid groups (broad SMARTS) is 1. The van der Waals surface area contributed by atoms with Crippen LogP contribution in [0, 0.1) is 0 Å². The molecule has 0 fully saturated rings. The van der Waals surface area contributed by atoms with Crippen LogP contribution < -0.4 is 19.3 Å². The monoisotopic (exact) mass is 389 g/mol. The summed E-state index contributed by atoms with van der Waals surface area (Å²) in [6, 6.07) is 7.91. The predicted molar refractivity (Wildman–Crippen MR) is 99.6 cm³/mol. The third-order valence-corrected chi connectivity index (χ3v) is 4.06. The van der Waals surface area contributed by atoms with E-state index >= 15 is 0 Å². The lowest BCUT2D eigenvalue weighted by Gasteiger charge is -2.11. The number of carbonyl (C=O) groups excluding carboxylic acids is 2. The number of hydrogen-bond donors (Lipinski definition) is 0. The van der Waals surface area contributed by atoms with Crippen molar-refractivity contribution in [2.75, 3.05) is 21.3 Å². The Labute approximate surface area is 161 Å². The molecule has 2 rings (SSSR count). The van der Waals surface area contributed by atoms with E-state index in [9.17, 15) is 14.7 Å². The molecule has 0 amide bonds. The zero-order chi connectivity index (χ0) is 20.0. The Kier molecular flexibility index (Phi) is 6.85. The normalized spacial score (nSPS) is 10.7. The highest BCUT2D eigenvalue weighted by Crippen LogP contribution is 2.36. The van der Waals surface area contributed by atoms with Crippen molar-refractivity contribution in [3.63, 3.8) is 0 Å². The number of ketones is 1. The maximum Gasteiger partial charge on any atom is 0.185 e. The van der Waals surface area contributed by atoms with E-state index in [0.717, 1.165) is 0 Å². The van der Waals surface area contributed by atoms with Crippen molar-refractivity contribution >= 4 is 29.4 Å². The molecule has 142 valence electrons. The molecule has 0 aliphatic rings. The van der Waals surface area contributed by atoms with Gasteiger partial charge in [-0.1, -0.05) is 17.7 Å². The van der Waals surface area contributed by atoms with Gasteiger partial charge in [0, 0.05) is 23.5 Å². The van der Waals surface area contributed by atoms with E-state index in [1.165, 1.54) is 33.5 Å². The highest BCUT2D eigenvalue weighted by Gasteiger charge is 2.11. The van der Waals surface area contributed by atoms with Gasteiger partial charge in [0.05, 0.1) is 26.4 Å². The quantitative estimate of drug-likeness (QED) is 0.509. The highest BCUT2D eigenvalue weighted by atomic mass is 35.5. The maximum absolute atomic E-state index is 12.4. The third kappa shape index (κ3) is 5.01. The molecule has 0 unspecified atom stereocenters. The molecule has 0 saturated carbocycles. The molecule has 0 bridgehead atoms. The molecular formula is C20H18ClO6-. The molecule has 0 aliphatic carbocycles. The van der Waals surface area contributed by atoms with Crippen LogP contribution >= 0.6 is 11.6 Å². The van der Waals surface area contributed by atoms with Gasteiger partial charge in [-0.25, -0.2) is 0 Å². The van der Waals surface area contributed by atoms with Crippen molar-refractivity contribution in [2.24, 2.45) is 0 Å². The summed E-state index contributed by atoms with van der Waals surface area (Å²) in [6.07, 6.45) is 2.60. The van der Waals surface area contributed by atoms with Crippen molar-refractivity contribution in [1.82, 2.24) is 0 Å². The van der Waals surface area contributed by atoms with Gasteiger partial charge >= 0.3 is 0 Å². The number of halogens is 1. The summed E-state index contributed by atoms with van der Waals surface area (Å²) in [6.45, 7) is 0. The van der Waals surface area contributed by atoms with E-state index in [1.54, 1.807) is 30.3 Å². The van der Waals surface area contributed by atoms with Gasteiger partial charge in [-0.15, -0.1) is 0 Å². The molecule has 7 heteroatoms. The molecule has 27 heavy (non-hydrogen) atoms. The van der Waals surface area contributed by atoms with E-state index in [0.29, 0.717) is 39.0 Å². The van der Waals surface area contributed by atoms with Gasteiger partial charge in [-0.3, -0.25) is 4.79 Å². The maximum atomic E-state index is 12.4. The Hall–Kier alpha value is -2.99. The van der Waals surface area contributed by atoms with E-state index in [2.05, 4.69) is 0 Å². The van der Waals surface area contributed by atoms with Crippen LogP contribution in [0.25, 0.3) is 6.08 Å². The standard InChI is InChI=1S/C20H19ClO6/c1-25-17-7-5-13(10-14(17)11-19(23)24)16(22)6-4-12-8-15(21)20(27-3)18(9-12)26-2/h4-10H,11H2,1-3H3,(H,23,24)/p-1/b6-4+. The van der Waals surface area contributed by atoms with Crippen molar-refractivity contribution in [3.8, 4) is 17.2 Å². The second kappa shape index (κ2) is 9.09. The van der Waals surface area contributed by atoms with Crippen molar-refractivity contribution in [1.29, 1.82) is 0 Å². The third-order valence-electron chi connectivity index (χ3n) is 3.78. The summed E-state index contributed by atoms with van der Waals surface area (Å²) in [7, 11) is 4.40. The number of aliphatic carboxylic acids is 1. The zero-order valence-electron chi connectivity index (χ0n) is 15.1. The fourth-order valence-corrected chi connectivity index (χ4v) is 2.82. The first-order valence-electron chi connectivity index (χ1n) is 7.90. The number of benzene rings is 2. The predicted octanol–water partition coefficient (Wildman–Crippen LogP) is 2.55. The Morgan fingerprint density at radius 2 is 1.74 bits per heavy atom. The molecule has 0 heterocycles. The van der Waals surface area contributed by atoms with Gasteiger partial charge in [-0.05, 0) is 42.0 Å². The molecule has 0 saturated heterocycles. The summed E-state index contributed by atoms with van der Waals surface area (Å²) < 4.78 is 15.5. The molecule has 0 aliphatic heterocycles. The fraction of sp³-hybridized carbons (Fsp3) is 0.200. The first kappa shape index (κ1) is 20.3. The zero-order valence-corrected chi connectivity index (χ0v) is 15.8. The number of methoxy groups -OCH3 is 3. The number of carboxylic acids is 1. The van der Waals surface area contributed by atoms with Crippen LogP contribution in [0.3, 0.4) is 0 Å². The van der Waals surface area contributed by atoms with E-state index < -0.39 is 5.97 Å². The van der Waals surface area contributed by atoms with Crippen molar-refractivity contribution in [2.45, 2.75) is 6.42 Å². The summed E-state index contributed by atoms with van der Waals surface area (Å²) in [5.74, 6) is -0.328. The smallest absolute Gasteiger partial charge is 0.185 e. The van der Waals surface area contributed by atoms with E-state index in [4.69, 9.17) is 25.8 Å². The number of carbonyl (C=O) groups is 2. The average Bonchev–Trinajstić information content (AvgIpc) is 2.64. The van der Waals surface area contributed by atoms with Crippen molar-refractivity contribution < 1.29 is 28.9 Å². The number of ether oxygens (including phenoxy) is 3. The lowest BCUT2D eigenvalue weighted by Crippen LogP contribution is -2.24. The molecule has 0 aromatic heterocycles. The molecule has 0 radical (unpaired) electrons. The van der Waals surface area contributed by atoms with Crippen LogP contribution in [0.1, 0.15) is 21.5 Å². The minimum atomic E-state index is -1.26. The lowest BCUT2D eigenvalue weighted by atomic mass is 10.0. The van der Waals surface area contributed by atoms with Crippen LogP contribution in [0.4, 0.5) is 0 Å². The van der Waals surface area contributed by atoms with Crippen LogP contribution in [0.2, 0.25) is 5.02 Å². The lowest BCUT2D eigenvalue weighted by molar-refractivity contribution is -0.304. The van der Waals surface area contributed by atoms with Crippen LogP contribution in [0.5, 0.6) is 17.2 Å². The van der Waals surface area contributed by atoms with Gasteiger partial charge in [0.25, 0.3) is 0 Å². The fourth-order valence-electron chi connectivity index (χ4n) is 2.53. The van der Waals surface area contributed by atoms with Gasteiger partial charge in [-0.2, -0.15) is 0 Å². The minimum absolute atomic E-state index is 0.303. The van der Waals surface area contributed by atoms with Crippen molar-refractivity contribution in [3.05, 3.63) is 58.1 Å². The van der Waals surface area contributed by atoms with Gasteiger partial charge in [0.15, 0.2) is 17.3 Å². The van der Waals surface area contributed by atoms with Gasteiger partial charge in [0.2, 0.25) is 0 Å². The van der Waals surface area contributed by atoms with Gasteiger partial charge in [0.1, 0.15) is 5.75 Å². The van der Waals surface area contributed by atoms with E-state index in [1.807, 2.05) is 0 Å². The summed E-state index contributed by atoms with van der Waals surface area (Å²) >= 11 is 6.15. The molecule has 2 aromatic carbocycles. The number of hydrogen-bond acceptors (Lipinski definition) is 6. The SMILES string of the molecule is COc1ccc(C(=O)/C=C/c2cc(Cl)c(OC)c(OC)c2)cc1CC(=O)[O-]. The van der Waals surface area contributed by atoms with Gasteiger partial charge < -0.3 is 24.1 Å². The Bertz CT molecular complexity index is 888.